The zero-order valence-electron chi connectivity index (χ0n) is 17.2. The first-order chi connectivity index (χ1) is 12.1. The average molecular weight is 340 g/mol. The topological polar surface area (TPSA) is 0 Å². The Labute approximate surface area is 158 Å². The molecule has 8 unspecified atom stereocenters. The molecule has 0 saturated heterocycles. The Morgan fingerprint density at radius 2 is 1.72 bits per heavy atom. The van der Waals surface area contributed by atoms with Crippen LogP contribution in [0.15, 0.2) is 0 Å². The minimum Gasteiger partial charge on any atom is -0.0884 e. The fourth-order valence-corrected chi connectivity index (χ4v) is 9.01. The SMILES string of the molecule is [B]CCC1CCC2C3CCC4CCCCC4(C)C3CC(CCC)C12C. The van der Waals surface area contributed by atoms with Gasteiger partial charge in [0.05, 0.1) is 7.85 Å². The van der Waals surface area contributed by atoms with Crippen LogP contribution in [-0.2, 0) is 0 Å². The van der Waals surface area contributed by atoms with Gasteiger partial charge in [0, 0.05) is 0 Å². The second-order valence-corrected chi connectivity index (χ2v) is 10.8. The van der Waals surface area contributed by atoms with Crippen molar-refractivity contribution in [2.45, 2.75) is 104 Å². The van der Waals surface area contributed by atoms with E-state index in [9.17, 15) is 0 Å². The summed E-state index contributed by atoms with van der Waals surface area (Å²) in [6, 6.07) is 0. The van der Waals surface area contributed by atoms with Crippen molar-refractivity contribution in [1.82, 2.24) is 0 Å². The standard InChI is InChI=1S/C24H41B/c1-4-7-19-16-22-20(11-9-17-8-5-6-14-23(17,22)2)21-12-10-18(13-15-25)24(19,21)3/h17-22H,4-16H2,1-3H3. The molecule has 1 heteroatoms. The van der Waals surface area contributed by atoms with E-state index in [4.69, 9.17) is 7.85 Å². The normalized spacial score (nSPS) is 52.3. The summed E-state index contributed by atoms with van der Waals surface area (Å²) in [6.45, 7) is 7.87. The van der Waals surface area contributed by atoms with Crippen molar-refractivity contribution in [3.63, 3.8) is 0 Å². The van der Waals surface area contributed by atoms with Gasteiger partial charge in [-0.15, -0.1) is 0 Å². The van der Waals surface area contributed by atoms with Gasteiger partial charge in [0.1, 0.15) is 0 Å². The van der Waals surface area contributed by atoms with Crippen molar-refractivity contribution in [3.05, 3.63) is 0 Å². The molecule has 4 fully saturated rings. The van der Waals surface area contributed by atoms with E-state index >= 15 is 0 Å². The van der Waals surface area contributed by atoms with E-state index in [1.165, 1.54) is 57.8 Å². The molecule has 2 radical (unpaired) electrons. The molecular formula is C24H41B. The van der Waals surface area contributed by atoms with Crippen molar-refractivity contribution in [1.29, 1.82) is 0 Å². The van der Waals surface area contributed by atoms with E-state index in [1.807, 2.05) is 0 Å². The Kier molecular flexibility index (Phi) is 5.09. The summed E-state index contributed by atoms with van der Waals surface area (Å²) in [5.74, 6) is 6.03. The molecule has 0 N–H and O–H groups in total. The highest BCUT2D eigenvalue weighted by Crippen LogP contribution is 2.70. The third-order valence-corrected chi connectivity index (χ3v) is 10.3. The lowest BCUT2D eigenvalue weighted by atomic mass is 9.42. The summed E-state index contributed by atoms with van der Waals surface area (Å²) >= 11 is 0. The molecule has 4 rings (SSSR count). The Hall–Kier alpha value is 0.0649. The van der Waals surface area contributed by atoms with Crippen LogP contribution in [0.5, 0.6) is 0 Å². The first kappa shape index (κ1) is 18.4. The maximum absolute atomic E-state index is 6.05. The van der Waals surface area contributed by atoms with Gasteiger partial charge in [0.15, 0.2) is 0 Å². The molecule has 0 amide bonds. The molecule has 4 aliphatic rings. The van der Waals surface area contributed by atoms with E-state index in [-0.39, 0.29) is 0 Å². The lowest BCUT2D eigenvalue weighted by Gasteiger charge is -2.63. The zero-order valence-corrected chi connectivity index (χ0v) is 17.2. The molecular weight excluding hydrogens is 299 g/mol. The van der Waals surface area contributed by atoms with Gasteiger partial charge in [-0.25, -0.2) is 0 Å². The van der Waals surface area contributed by atoms with E-state index in [1.54, 1.807) is 19.3 Å². The van der Waals surface area contributed by atoms with Crippen molar-refractivity contribution in [2.24, 2.45) is 46.3 Å². The zero-order chi connectivity index (χ0) is 17.7. The lowest BCUT2D eigenvalue weighted by molar-refractivity contribution is -0.139. The predicted molar refractivity (Wildman–Crippen MR) is 109 cm³/mol. The van der Waals surface area contributed by atoms with E-state index < -0.39 is 0 Å². The highest BCUT2D eigenvalue weighted by Gasteiger charge is 2.62. The number of hydrogen-bond donors (Lipinski definition) is 0. The van der Waals surface area contributed by atoms with Crippen LogP contribution >= 0.6 is 0 Å². The van der Waals surface area contributed by atoms with Crippen LogP contribution in [0.4, 0.5) is 0 Å². The molecule has 4 saturated carbocycles. The summed E-state index contributed by atoms with van der Waals surface area (Å²) in [6.07, 6.45) is 18.8. The molecule has 0 aromatic rings. The van der Waals surface area contributed by atoms with Gasteiger partial charge in [-0.2, -0.15) is 0 Å². The van der Waals surface area contributed by atoms with Crippen molar-refractivity contribution in [3.8, 4) is 0 Å². The maximum atomic E-state index is 6.05. The van der Waals surface area contributed by atoms with E-state index in [2.05, 4.69) is 20.8 Å². The van der Waals surface area contributed by atoms with Crippen molar-refractivity contribution < 1.29 is 0 Å². The van der Waals surface area contributed by atoms with Crippen LogP contribution in [0.1, 0.15) is 97.8 Å². The second-order valence-electron chi connectivity index (χ2n) is 10.8. The fourth-order valence-electron chi connectivity index (χ4n) is 9.01. The summed E-state index contributed by atoms with van der Waals surface area (Å²) in [4.78, 5) is 0. The van der Waals surface area contributed by atoms with Crippen molar-refractivity contribution >= 4 is 7.85 Å². The van der Waals surface area contributed by atoms with Gasteiger partial charge in [-0.05, 0) is 91.3 Å². The van der Waals surface area contributed by atoms with Crippen LogP contribution in [-0.4, -0.2) is 7.85 Å². The van der Waals surface area contributed by atoms with E-state index in [0.717, 1.165) is 41.8 Å². The minimum atomic E-state index is 0.606. The van der Waals surface area contributed by atoms with Gasteiger partial charge in [0.2, 0.25) is 0 Å². The third-order valence-electron chi connectivity index (χ3n) is 10.3. The Morgan fingerprint density at radius 1 is 0.880 bits per heavy atom. The van der Waals surface area contributed by atoms with Gasteiger partial charge in [-0.1, -0.05) is 59.2 Å². The second kappa shape index (κ2) is 6.90. The molecule has 0 aromatic carbocycles. The lowest BCUT2D eigenvalue weighted by Crippen LogP contribution is -2.55. The van der Waals surface area contributed by atoms with Crippen LogP contribution in [0.3, 0.4) is 0 Å². The summed E-state index contributed by atoms with van der Waals surface area (Å²) in [5.41, 5.74) is 1.29. The van der Waals surface area contributed by atoms with E-state index in [0.29, 0.717) is 10.8 Å². The highest BCUT2D eigenvalue weighted by molar-refractivity contribution is 6.08. The summed E-state index contributed by atoms with van der Waals surface area (Å²) in [7, 11) is 6.05. The Bertz CT molecular complexity index is 473. The van der Waals surface area contributed by atoms with Gasteiger partial charge >= 0.3 is 0 Å². The number of rotatable bonds is 4. The molecule has 140 valence electrons. The first-order valence-electron chi connectivity index (χ1n) is 11.8. The predicted octanol–water partition coefficient (Wildman–Crippen LogP) is 7.04. The minimum absolute atomic E-state index is 0.606. The molecule has 8 atom stereocenters. The maximum Gasteiger partial charge on any atom is 0.0653 e. The Balaban J connectivity index is 1.67. The molecule has 4 aliphatic carbocycles. The quantitative estimate of drug-likeness (QED) is 0.482. The van der Waals surface area contributed by atoms with Crippen molar-refractivity contribution in [2.75, 3.05) is 0 Å². The first-order valence-corrected chi connectivity index (χ1v) is 11.8. The highest BCUT2D eigenvalue weighted by atomic mass is 14.7. The number of hydrogen-bond acceptors (Lipinski definition) is 0. The molecule has 0 heterocycles. The number of fused-ring (bicyclic) bond motifs is 5. The molecule has 0 bridgehead atoms. The summed E-state index contributed by atoms with van der Waals surface area (Å²) < 4.78 is 0. The molecule has 0 aliphatic heterocycles. The molecule has 25 heavy (non-hydrogen) atoms. The fraction of sp³-hybridized carbons (Fsp3) is 1.00. The Morgan fingerprint density at radius 3 is 2.48 bits per heavy atom. The van der Waals surface area contributed by atoms with Crippen LogP contribution in [0, 0.1) is 46.3 Å². The molecule has 0 nitrogen and oxygen atoms in total. The largest absolute Gasteiger partial charge is 0.0884 e. The average Bonchev–Trinajstić information content (AvgIpc) is 2.94. The van der Waals surface area contributed by atoms with Crippen LogP contribution in [0.2, 0.25) is 6.32 Å². The third kappa shape index (κ3) is 2.68. The smallest absolute Gasteiger partial charge is 0.0653 e. The van der Waals surface area contributed by atoms with Crippen LogP contribution in [0.25, 0.3) is 0 Å². The van der Waals surface area contributed by atoms with Crippen LogP contribution < -0.4 is 0 Å². The van der Waals surface area contributed by atoms with Gasteiger partial charge in [0.25, 0.3) is 0 Å². The van der Waals surface area contributed by atoms with Gasteiger partial charge in [-0.3, -0.25) is 0 Å². The van der Waals surface area contributed by atoms with Gasteiger partial charge < -0.3 is 0 Å². The molecule has 0 aromatic heterocycles. The monoisotopic (exact) mass is 340 g/mol. The summed E-state index contributed by atoms with van der Waals surface area (Å²) in [5, 5.41) is 0. The molecule has 0 spiro atoms.